The Labute approximate surface area is 98.2 Å². The van der Waals surface area contributed by atoms with E-state index in [0.717, 1.165) is 26.2 Å². The molecule has 0 bridgehead atoms. The van der Waals surface area contributed by atoms with Crippen molar-refractivity contribution < 1.29 is 0 Å². The molecule has 0 aliphatic carbocycles. The number of hydrogen-bond donors (Lipinski definition) is 2. The summed E-state index contributed by atoms with van der Waals surface area (Å²) in [6.07, 6.45) is 1.19. The molecule has 1 heterocycles. The van der Waals surface area contributed by atoms with Crippen molar-refractivity contribution in [1.29, 1.82) is 0 Å². The van der Waals surface area contributed by atoms with Crippen LogP contribution in [0.2, 0.25) is 0 Å². The van der Waals surface area contributed by atoms with Crippen molar-refractivity contribution in [2.45, 2.75) is 19.9 Å². The highest BCUT2D eigenvalue weighted by molar-refractivity contribution is 9.11. The van der Waals surface area contributed by atoms with E-state index in [1.807, 2.05) is 0 Å². The van der Waals surface area contributed by atoms with Crippen LogP contribution >= 0.6 is 27.3 Å². The molecule has 1 rings (SSSR count). The Morgan fingerprint density at radius 3 is 2.79 bits per heavy atom. The summed E-state index contributed by atoms with van der Waals surface area (Å²) in [4.78, 5) is 0. The molecule has 0 saturated heterocycles. The summed E-state index contributed by atoms with van der Waals surface area (Å²) >= 11 is 5.20. The van der Waals surface area contributed by atoms with E-state index in [4.69, 9.17) is 0 Å². The van der Waals surface area contributed by atoms with Crippen LogP contribution in [0.25, 0.3) is 0 Å². The highest BCUT2D eigenvalue weighted by Gasteiger charge is 1.95. The average Bonchev–Trinajstić information content (AvgIpc) is 2.58. The molecular formula is C10H17BrN2S. The SMILES string of the molecule is CCNCCCNCc1csc(Br)c1. The van der Waals surface area contributed by atoms with E-state index in [1.165, 1.54) is 15.8 Å². The van der Waals surface area contributed by atoms with Gasteiger partial charge in [0.2, 0.25) is 0 Å². The normalized spacial score (nSPS) is 10.7. The van der Waals surface area contributed by atoms with Crippen LogP contribution in [-0.4, -0.2) is 19.6 Å². The fourth-order valence-corrected chi connectivity index (χ4v) is 2.40. The van der Waals surface area contributed by atoms with Gasteiger partial charge >= 0.3 is 0 Å². The van der Waals surface area contributed by atoms with Crippen LogP contribution in [0.1, 0.15) is 18.9 Å². The van der Waals surface area contributed by atoms with Crippen molar-refractivity contribution in [1.82, 2.24) is 10.6 Å². The minimum absolute atomic E-state index is 0.980. The lowest BCUT2D eigenvalue weighted by Gasteiger charge is -2.03. The van der Waals surface area contributed by atoms with Gasteiger partial charge in [-0.15, -0.1) is 11.3 Å². The Hall–Kier alpha value is 0.100. The molecule has 0 aliphatic rings. The molecule has 14 heavy (non-hydrogen) atoms. The second kappa shape index (κ2) is 7.40. The molecule has 0 spiro atoms. The van der Waals surface area contributed by atoms with Gasteiger partial charge in [0.25, 0.3) is 0 Å². The predicted molar refractivity (Wildman–Crippen MR) is 66.9 cm³/mol. The molecular weight excluding hydrogens is 260 g/mol. The third-order valence-electron chi connectivity index (χ3n) is 1.91. The number of thiophene rings is 1. The molecule has 0 aromatic carbocycles. The van der Waals surface area contributed by atoms with Gasteiger partial charge in [-0.25, -0.2) is 0 Å². The molecule has 2 N–H and O–H groups in total. The first-order chi connectivity index (χ1) is 6.83. The van der Waals surface area contributed by atoms with Gasteiger partial charge in [-0.2, -0.15) is 0 Å². The van der Waals surface area contributed by atoms with E-state index in [1.54, 1.807) is 11.3 Å². The fraction of sp³-hybridized carbons (Fsp3) is 0.600. The second-order valence-electron chi connectivity index (χ2n) is 3.14. The zero-order chi connectivity index (χ0) is 10.2. The van der Waals surface area contributed by atoms with Crippen molar-refractivity contribution in [2.24, 2.45) is 0 Å². The first-order valence-electron chi connectivity index (χ1n) is 4.97. The first kappa shape index (κ1) is 12.2. The van der Waals surface area contributed by atoms with Crippen molar-refractivity contribution >= 4 is 27.3 Å². The maximum atomic E-state index is 3.46. The highest BCUT2D eigenvalue weighted by Crippen LogP contribution is 2.20. The molecule has 0 atom stereocenters. The highest BCUT2D eigenvalue weighted by atomic mass is 79.9. The number of nitrogens with one attached hydrogen (secondary N) is 2. The smallest absolute Gasteiger partial charge is 0.0701 e. The van der Waals surface area contributed by atoms with E-state index in [0.29, 0.717) is 0 Å². The Kier molecular flexibility index (Phi) is 6.43. The van der Waals surface area contributed by atoms with Crippen molar-refractivity contribution in [2.75, 3.05) is 19.6 Å². The van der Waals surface area contributed by atoms with Gasteiger partial charge < -0.3 is 10.6 Å². The molecule has 0 unspecified atom stereocenters. The van der Waals surface area contributed by atoms with Gasteiger partial charge in [-0.1, -0.05) is 6.92 Å². The van der Waals surface area contributed by atoms with Gasteiger partial charge in [-0.3, -0.25) is 0 Å². The van der Waals surface area contributed by atoms with E-state index in [-0.39, 0.29) is 0 Å². The summed E-state index contributed by atoms with van der Waals surface area (Å²) in [5.41, 5.74) is 1.37. The predicted octanol–water partition coefficient (Wildman–Crippen LogP) is 2.60. The van der Waals surface area contributed by atoms with E-state index in [9.17, 15) is 0 Å². The molecule has 0 radical (unpaired) electrons. The van der Waals surface area contributed by atoms with E-state index >= 15 is 0 Å². The van der Waals surface area contributed by atoms with E-state index in [2.05, 4.69) is 44.9 Å². The van der Waals surface area contributed by atoms with Gasteiger partial charge in [0.15, 0.2) is 0 Å². The van der Waals surface area contributed by atoms with Gasteiger partial charge in [-0.05, 0) is 59.0 Å². The lowest BCUT2D eigenvalue weighted by molar-refractivity contribution is 0.607. The van der Waals surface area contributed by atoms with Crippen molar-refractivity contribution in [3.8, 4) is 0 Å². The summed E-state index contributed by atoms with van der Waals surface area (Å²) in [5.74, 6) is 0. The summed E-state index contributed by atoms with van der Waals surface area (Å²) in [5, 5.41) is 8.91. The molecule has 80 valence electrons. The number of hydrogen-bond acceptors (Lipinski definition) is 3. The quantitative estimate of drug-likeness (QED) is 0.749. The van der Waals surface area contributed by atoms with Crippen LogP contribution in [0.5, 0.6) is 0 Å². The summed E-state index contributed by atoms with van der Waals surface area (Å²) < 4.78 is 1.21. The Bertz CT molecular complexity index is 250. The maximum Gasteiger partial charge on any atom is 0.0701 e. The van der Waals surface area contributed by atoms with Crippen LogP contribution in [0.15, 0.2) is 15.2 Å². The van der Waals surface area contributed by atoms with Crippen LogP contribution < -0.4 is 10.6 Å². The fourth-order valence-electron chi connectivity index (χ4n) is 1.19. The lowest BCUT2D eigenvalue weighted by atomic mass is 10.3. The van der Waals surface area contributed by atoms with E-state index < -0.39 is 0 Å². The van der Waals surface area contributed by atoms with Gasteiger partial charge in [0, 0.05) is 6.54 Å². The zero-order valence-corrected chi connectivity index (χ0v) is 10.9. The molecule has 0 fully saturated rings. The molecule has 2 nitrogen and oxygen atoms in total. The summed E-state index contributed by atoms with van der Waals surface area (Å²) in [7, 11) is 0. The third kappa shape index (κ3) is 5.10. The summed E-state index contributed by atoms with van der Waals surface area (Å²) in [6, 6.07) is 2.17. The molecule has 0 saturated carbocycles. The Morgan fingerprint density at radius 1 is 1.36 bits per heavy atom. The zero-order valence-electron chi connectivity index (χ0n) is 8.48. The van der Waals surface area contributed by atoms with Crippen LogP contribution in [0.3, 0.4) is 0 Å². The van der Waals surface area contributed by atoms with Gasteiger partial charge in [0.05, 0.1) is 3.79 Å². The van der Waals surface area contributed by atoms with Crippen molar-refractivity contribution in [3.63, 3.8) is 0 Å². The molecule has 0 aliphatic heterocycles. The average molecular weight is 277 g/mol. The van der Waals surface area contributed by atoms with Crippen LogP contribution in [0.4, 0.5) is 0 Å². The largest absolute Gasteiger partial charge is 0.317 e. The Morgan fingerprint density at radius 2 is 2.14 bits per heavy atom. The van der Waals surface area contributed by atoms with Gasteiger partial charge in [0.1, 0.15) is 0 Å². The lowest BCUT2D eigenvalue weighted by Crippen LogP contribution is -2.21. The molecule has 4 heteroatoms. The minimum atomic E-state index is 0.980. The topological polar surface area (TPSA) is 24.1 Å². The van der Waals surface area contributed by atoms with Crippen LogP contribution in [0, 0.1) is 0 Å². The minimum Gasteiger partial charge on any atom is -0.317 e. The first-order valence-corrected chi connectivity index (χ1v) is 6.64. The monoisotopic (exact) mass is 276 g/mol. The standard InChI is InChI=1S/C10H17BrN2S/c1-2-12-4-3-5-13-7-9-6-10(11)14-8-9/h6,8,12-13H,2-5,7H2,1H3. The van der Waals surface area contributed by atoms with Crippen LogP contribution in [-0.2, 0) is 6.54 Å². The maximum absolute atomic E-state index is 3.46. The number of halogens is 1. The second-order valence-corrected chi connectivity index (χ2v) is 5.43. The summed E-state index contributed by atoms with van der Waals surface area (Å²) in [6.45, 7) is 6.37. The molecule has 1 aromatic heterocycles. The molecule has 0 amide bonds. The number of rotatable bonds is 7. The molecule has 1 aromatic rings. The third-order valence-corrected chi connectivity index (χ3v) is 3.46. The Balaban J connectivity index is 1.99. The van der Waals surface area contributed by atoms with Crippen molar-refractivity contribution in [3.05, 3.63) is 20.8 Å².